The standard InChI is InChI=1S/C12H11ClN4O2/c1-16(2)9-5-3-8(4-6-9)10-11(17(18)19)12(13)15-7-14-10/h3-7H,1-2H3. The highest BCUT2D eigenvalue weighted by Crippen LogP contribution is 2.32. The van der Waals surface area contributed by atoms with Crippen LogP contribution >= 0.6 is 11.6 Å². The van der Waals surface area contributed by atoms with Gasteiger partial charge in [-0.05, 0) is 12.1 Å². The summed E-state index contributed by atoms with van der Waals surface area (Å²) in [6, 6.07) is 7.24. The fraction of sp³-hybridized carbons (Fsp3) is 0.167. The average molecular weight is 279 g/mol. The molecule has 0 saturated carbocycles. The number of hydrogen-bond acceptors (Lipinski definition) is 5. The minimum absolute atomic E-state index is 0.160. The van der Waals surface area contributed by atoms with Crippen molar-refractivity contribution in [1.82, 2.24) is 9.97 Å². The van der Waals surface area contributed by atoms with Gasteiger partial charge in [0.05, 0.1) is 4.92 Å². The van der Waals surface area contributed by atoms with Gasteiger partial charge in [0.25, 0.3) is 0 Å². The molecule has 6 nitrogen and oxygen atoms in total. The lowest BCUT2D eigenvalue weighted by Crippen LogP contribution is -2.08. The molecular weight excluding hydrogens is 268 g/mol. The van der Waals surface area contributed by atoms with Crippen molar-refractivity contribution in [3.8, 4) is 11.3 Å². The van der Waals surface area contributed by atoms with Crippen molar-refractivity contribution in [2.75, 3.05) is 19.0 Å². The van der Waals surface area contributed by atoms with Crippen LogP contribution in [-0.4, -0.2) is 29.0 Å². The van der Waals surface area contributed by atoms with Gasteiger partial charge in [0.1, 0.15) is 6.33 Å². The van der Waals surface area contributed by atoms with Crippen LogP contribution in [0, 0.1) is 10.1 Å². The van der Waals surface area contributed by atoms with Crippen molar-refractivity contribution in [3.05, 3.63) is 45.9 Å². The Morgan fingerprint density at radius 3 is 2.37 bits per heavy atom. The molecular formula is C12H11ClN4O2. The van der Waals surface area contributed by atoms with E-state index in [1.807, 2.05) is 31.1 Å². The summed E-state index contributed by atoms with van der Waals surface area (Å²) >= 11 is 5.75. The maximum absolute atomic E-state index is 11.0. The molecule has 1 aromatic heterocycles. The molecule has 0 N–H and O–H groups in total. The molecule has 1 heterocycles. The molecule has 7 heteroatoms. The van der Waals surface area contributed by atoms with E-state index in [0.29, 0.717) is 5.56 Å². The Hall–Kier alpha value is -2.21. The number of nitrogens with zero attached hydrogens (tertiary/aromatic N) is 4. The van der Waals surface area contributed by atoms with E-state index in [1.165, 1.54) is 6.33 Å². The van der Waals surface area contributed by atoms with E-state index in [0.717, 1.165) is 5.69 Å². The SMILES string of the molecule is CN(C)c1ccc(-c2ncnc(Cl)c2[N+](=O)[O-])cc1. The first kappa shape index (κ1) is 13.2. The summed E-state index contributed by atoms with van der Waals surface area (Å²) in [5.74, 6) is 0. The Kier molecular flexibility index (Phi) is 3.62. The van der Waals surface area contributed by atoms with Gasteiger partial charge in [0, 0.05) is 25.3 Å². The first-order valence-corrected chi connectivity index (χ1v) is 5.81. The summed E-state index contributed by atoms with van der Waals surface area (Å²) in [5, 5.41) is 10.9. The second-order valence-corrected chi connectivity index (χ2v) is 4.42. The molecule has 1 aromatic carbocycles. The van der Waals surface area contributed by atoms with Crippen molar-refractivity contribution < 1.29 is 4.92 Å². The second-order valence-electron chi connectivity index (χ2n) is 4.06. The van der Waals surface area contributed by atoms with Crippen molar-refractivity contribution in [1.29, 1.82) is 0 Å². The Bertz CT molecular complexity index is 614. The third kappa shape index (κ3) is 2.63. The van der Waals surface area contributed by atoms with Crippen LogP contribution in [0.15, 0.2) is 30.6 Å². The molecule has 0 aliphatic carbocycles. The van der Waals surface area contributed by atoms with Crippen LogP contribution in [0.1, 0.15) is 0 Å². The minimum atomic E-state index is -0.572. The molecule has 0 atom stereocenters. The van der Waals surface area contributed by atoms with E-state index in [9.17, 15) is 10.1 Å². The Balaban J connectivity index is 2.53. The molecule has 0 bridgehead atoms. The van der Waals surface area contributed by atoms with Gasteiger partial charge in [0.2, 0.25) is 5.15 Å². The molecule has 2 aromatic rings. The van der Waals surface area contributed by atoms with E-state index in [4.69, 9.17) is 11.6 Å². The molecule has 19 heavy (non-hydrogen) atoms. The first-order valence-electron chi connectivity index (χ1n) is 5.43. The summed E-state index contributed by atoms with van der Waals surface area (Å²) in [6.45, 7) is 0. The molecule has 0 unspecified atom stereocenters. The Morgan fingerprint density at radius 1 is 1.21 bits per heavy atom. The smallest absolute Gasteiger partial charge is 0.332 e. The molecule has 2 rings (SSSR count). The van der Waals surface area contributed by atoms with Gasteiger partial charge >= 0.3 is 5.69 Å². The summed E-state index contributed by atoms with van der Waals surface area (Å²) in [6.07, 6.45) is 1.21. The van der Waals surface area contributed by atoms with E-state index < -0.39 is 4.92 Å². The van der Waals surface area contributed by atoms with E-state index in [1.54, 1.807) is 12.1 Å². The van der Waals surface area contributed by atoms with Gasteiger partial charge in [-0.15, -0.1) is 0 Å². The predicted octanol–water partition coefficient (Wildman–Crippen LogP) is 2.77. The molecule has 0 saturated heterocycles. The van der Waals surface area contributed by atoms with E-state index in [2.05, 4.69) is 9.97 Å². The normalized spacial score (nSPS) is 10.3. The predicted molar refractivity (Wildman–Crippen MR) is 73.5 cm³/mol. The topological polar surface area (TPSA) is 72.2 Å². The molecule has 0 fully saturated rings. The summed E-state index contributed by atoms with van der Waals surface area (Å²) in [4.78, 5) is 20.0. The maximum atomic E-state index is 11.0. The number of rotatable bonds is 3. The second kappa shape index (κ2) is 5.19. The lowest BCUT2D eigenvalue weighted by atomic mass is 10.1. The highest BCUT2D eigenvalue weighted by atomic mass is 35.5. The number of halogens is 1. The lowest BCUT2D eigenvalue weighted by Gasteiger charge is -2.12. The van der Waals surface area contributed by atoms with Gasteiger partial charge in [-0.3, -0.25) is 10.1 Å². The summed E-state index contributed by atoms with van der Waals surface area (Å²) in [7, 11) is 3.83. The number of aromatic nitrogens is 2. The van der Waals surface area contributed by atoms with Gasteiger partial charge < -0.3 is 4.90 Å². The van der Waals surface area contributed by atoms with Crippen molar-refractivity contribution in [2.24, 2.45) is 0 Å². The zero-order valence-corrected chi connectivity index (χ0v) is 11.1. The minimum Gasteiger partial charge on any atom is -0.378 e. The molecule has 0 spiro atoms. The first-order chi connectivity index (χ1) is 9.00. The van der Waals surface area contributed by atoms with Crippen LogP contribution in [0.25, 0.3) is 11.3 Å². The van der Waals surface area contributed by atoms with Crippen LogP contribution in [-0.2, 0) is 0 Å². The van der Waals surface area contributed by atoms with Gasteiger partial charge in [-0.2, -0.15) is 0 Å². The Labute approximate surface area is 114 Å². The fourth-order valence-corrected chi connectivity index (χ4v) is 1.85. The quantitative estimate of drug-likeness (QED) is 0.490. The molecule has 0 aliphatic rings. The third-order valence-corrected chi connectivity index (χ3v) is 2.89. The van der Waals surface area contributed by atoms with E-state index in [-0.39, 0.29) is 16.5 Å². The third-order valence-electron chi connectivity index (χ3n) is 2.62. The largest absolute Gasteiger partial charge is 0.378 e. The zero-order valence-electron chi connectivity index (χ0n) is 10.4. The summed E-state index contributed by atoms with van der Waals surface area (Å²) < 4.78 is 0. The van der Waals surface area contributed by atoms with Gasteiger partial charge in [-0.25, -0.2) is 9.97 Å². The van der Waals surface area contributed by atoms with Gasteiger partial charge in [0.15, 0.2) is 5.69 Å². The lowest BCUT2D eigenvalue weighted by molar-refractivity contribution is -0.384. The zero-order chi connectivity index (χ0) is 14.0. The van der Waals surface area contributed by atoms with Crippen LogP contribution in [0.2, 0.25) is 5.15 Å². The Morgan fingerprint density at radius 2 is 1.84 bits per heavy atom. The van der Waals surface area contributed by atoms with Crippen molar-refractivity contribution in [3.63, 3.8) is 0 Å². The van der Waals surface area contributed by atoms with Crippen molar-refractivity contribution in [2.45, 2.75) is 0 Å². The van der Waals surface area contributed by atoms with Crippen LogP contribution in [0.5, 0.6) is 0 Å². The number of hydrogen-bond donors (Lipinski definition) is 0. The number of benzene rings is 1. The monoisotopic (exact) mass is 278 g/mol. The molecule has 0 amide bonds. The van der Waals surface area contributed by atoms with E-state index >= 15 is 0 Å². The van der Waals surface area contributed by atoms with Crippen LogP contribution in [0.3, 0.4) is 0 Å². The highest BCUT2D eigenvalue weighted by molar-refractivity contribution is 6.31. The van der Waals surface area contributed by atoms with Crippen LogP contribution in [0.4, 0.5) is 11.4 Å². The van der Waals surface area contributed by atoms with Gasteiger partial charge in [-0.1, -0.05) is 23.7 Å². The fourth-order valence-electron chi connectivity index (χ4n) is 1.65. The molecule has 0 radical (unpaired) electrons. The van der Waals surface area contributed by atoms with Crippen LogP contribution < -0.4 is 4.90 Å². The molecule has 0 aliphatic heterocycles. The number of nitro groups is 1. The highest BCUT2D eigenvalue weighted by Gasteiger charge is 2.22. The number of anilines is 1. The molecule has 98 valence electrons. The maximum Gasteiger partial charge on any atom is 0.332 e. The average Bonchev–Trinajstić information content (AvgIpc) is 2.38. The summed E-state index contributed by atoms with van der Waals surface area (Å²) in [5.41, 5.74) is 1.56. The van der Waals surface area contributed by atoms with Crippen molar-refractivity contribution >= 4 is 23.0 Å².